The molecule has 0 aliphatic heterocycles. The van der Waals surface area contributed by atoms with Crippen molar-refractivity contribution in [2.75, 3.05) is 0 Å². The molecule has 15 heavy (non-hydrogen) atoms. The number of aromatic nitrogens is 4. The zero-order valence-electron chi connectivity index (χ0n) is 8.67. The monoisotopic (exact) mass is 208 g/mol. The molecule has 0 saturated heterocycles. The van der Waals surface area contributed by atoms with E-state index in [9.17, 15) is 4.79 Å². The van der Waals surface area contributed by atoms with Crippen molar-refractivity contribution in [1.82, 2.24) is 19.3 Å². The minimum atomic E-state index is -0.0914. The fourth-order valence-corrected chi connectivity index (χ4v) is 1.27. The Labute approximate surface area is 86.1 Å². The summed E-state index contributed by atoms with van der Waals surface area (Å²) >= 11 is 0. The maximum absolute atomic E-state index is 11.5. The van der Waals surface area contributed by atoms with E-state index in [2.05, 4.69) is 10.1 Å². The molecule has 2 rings (SSSR count). The maximum atomic E-state index is 11.5. The van der Waals surface area contributed by atoms with E-state index >= 15 is 0 Å². The van der Waals surface area contributed by atoms with Crippen LogP contribution < -0.4 is 5.69 Å². The van der Waals surface area contributed by atoms with E-state index in [4.69, 9.17) is 4.52 Å². The zero-order valence-corrected chi connectivity index (χ0v) is 8.67. The second-order valence-corrected chi connectivity index (χ2v) is 3.28. The Balaban J connectivity index is 2.22. The number of imidazole rings is 1. The van der Waals surface area contributed by atoms with Crippen LogP contribution in [0.4, 0.5) is 0 Å². The largest absolute Gasteiger partial charge is 0.337 e. The van der Waals surface area contributed by atoms with Gasteiger partial charge in [0.2, 0.25) is 5.89 Å². The predicted octanol–water partition coefficient (Wildman–Crippen LogP) is 0.180. The van der Waals surface area contributed by atoms with Gasteiger partial charge in [-0.25, -0.2) is 4.79 Å². The Kier molecular flexibility index (Phi) is 2.40. The molecule has 0 spiro atoms. The second kappa shape index (κ2) is 3.72. The fourth-order valence-electron chi connectivity index (χ4n) is 1.27. The smallest absolute Gasteiger partial charge is 0.328 e. The average molecular weight is 208 g/mol. The van der Waals surface area contributed by atoms with Crippen LogP contribution in [0.1, 0.15) is 18.6 Å². The van der Waals surface area contributed by atoms with E-state index in [-0.39, 0.29) is 5.69 Å². The molecular weight excluding hydrogens is 196 g/mol. The molecule has 0 saturated carbocycles. The minimum absolute atomic E-state index is 0.0914. The van der Waals surface area contributed by atoms with Crippen LogP contribution in [0.15, 0.2) is 21.7 Å². The second-order valence-electron chi connectivity index (χ2n) is 3.28. The van der Waals surface area contributed by atoms with Crippen LogP contribution in [0, 0.1) is 0 Å². The minimum Gasteiger partial charge on any atom is -0.337 e. The molecule has 0 aliphatic rings. The molecule has 0 N–H and O–H groups in total. The third-order valence-electron chi connectivity index (χ3n) is 2.15. The standard InChI is InChI=1S/C9H12N4O2/c1-3-7-10-8(15-11-7)6-13-5-4-12(2)9(13)14/h4-5H,3,6H2,1-2H3. The van der Waals surface area contributed by atoms with Crippen molar-refractivity contribution >= 4 is 0 Å². The molecule has 0 atom stereocenters. The summed E-state index contributed by atoms with van der Waals surface area (Å²) < 4.78 is 8.01. The van der Waals surface area contributed by atoms with Gasteiger partial charge >= 0.3 is 5.69 Å². The van der Waals surface area contributed by atoms with Crippen molar-refractivity contribution in [3.63, 3.8) is 0 Å². The molecule has 6 nitrogen and oxygen atoms in total. The average Bonchev–Trinajstić information content (AvgIpc) is 2.80. The number of rotatable bonds is 3. The summed E-state index contributed by atoms with van der Waals surface area (Å²) in [6, 6.07) is 0. The molecule has 0 amide bonds. The summed E-state index contributed by atoms with van der Waals surface area (Å²) in [5, 5.41) is 3.76. The van der Waals surface area contributed by atoms with Crippen molar-refractivity contribution in [3.05, 3.63) is 34.6 Å². The van der Waals surface area contributed by atoms with Crippen LogP contribution in [0.25, 0.3) is 0 Å². The third kappa shape index (κ3) is 1.83. The molecule has 2 heterocycles. The molecule has 0 aromatic carbocycles. The molecule has 2 aromatic heterocycles. The Bertz CT molecular complexity index is 508. The zero-order chi connectivity index (χ0) is 10.8. The molecule has 0 bridgehead atoms. The third-order valence-corrected chi connectivity index (χ3v) is 2.15. The lowest BCUT2D eigenvalue weighted by Crippen LogP contribution is -2.22. The first-order valence-electron chi connectivity index (χ1n) is 4.74. The predicted molar refractivity (Wildman–Crippen MR) is 52.5 cm³/mol. The topological polar surface area (TPSA) is 65.8 Å². The van der Waals surface area contributed by atoms with Crippen LogP contribution in [0.3, 0.4) is 0 Å². The highest BCUT2D eigenvalue weighted by Gasteiger charge is 2.07. The molecular formula is C9H12N4O2. The normalized spacial score (nSPS) is 10.8. The summed E-state index contributed by atoms with van der Waals surface area (Å²) in [6.45, 7) is 2.27. The van der Waals surface area contributed by atoms with Gasteiger partial charge in [-0.1, -0.05) is 12.1 Å². The Morgan fingerprint density at radius 1 is 1.47 bits per heavy atom. The first-order valence-corrected chi connectivity index (χ1v) is 4.74. The van der Waals surface area contributed by atoms with Crippen LogP contribution in [0.5, 0.6) is 0 Å². The van der Waals surface area contributed by atoms with Crippen LogP contribution in [-0.2, 0) is 20.0 Å². The first kappa shape index (κ1) is 9.70. The van der Waals surface area contributed by atoms with E-state index in [1.54, 1.807) is 19.4 Å². The Morgan fingerprint density at radius 2 is 2.27 bits per heavy atom. The van der Waals surface area contributed by atoms with Crippen molar-refractivity contribution in [3.8, 4) is 0 Å². The summed E-state index contributed by atoms with van der Waals surface area (Å²) in [6.07, 6.45) is 4.12. The fraction of sp³-hybridized carbons (Fsp3) is 0.444. The van der Waals surface area contributed by atoms with Crippen molar-refractivity contribution in [2.24, 2.45) is 7.05 Å². The SMILES string of the molecule is CCc1noc(Cn2ccn(C)c2=O)n1. The highest BCUT2D eigenvalue weighted by atomic mass is 16.5. The van der Waals surface area contributed by atoms with Crippen LogP contribution in [0.2, 0.25) is 0 Å². The number of hydrogen-bond acceptors (Lipinski definition) is 4. The van der Waals surface area contributed by atoms with E-state index in [0.717, 1.165) is 6.42 Å². The van der Waals surface area contributed by atoms with Gasteiger partial charge in [-0.05, 0) is 0 Å². The van der Waals surface area contributed by atoms with Crippen molar-refractivity contribution < 1.29 is 4.52 Å². The number of hydrogen-bond donors (Lipinski definition) is 0. The highest BCUT2D eigenvalue weighted by molar-refractivity contribution is 4.89. The van der Waals surface area contributed by atoms with Crippen LogP contribution in [-0.4, -0.2) is 19.3 Å². The lowest BCUT2D eigenvalue weighted by molar-refractivity contribution is 0.365. The summed E-state index contributed by atoms with van der Waals surface area (Å²) in [7, 11) is 1.70. The van der Waals surface area contributed by atoms with Crippen molar-refractivity contribution in [2.45, 2.75) is 19.9 Å². The van der Waals surface area contributed by atoms with Gasteiger partial charge in [-0.3, -0.25) is 4.57 Å². The number of aryl methyl sites for hydroxylation is 2. The molecule has 80 valence electrons. The summed E-state index contributed by atoms with van der Waals surface area (Å²) in [4.78, 5) is 15.6. The van der Waals surface area contributed by atoms with Gasteiger partial charge in [-0.2, -0.15) is 4.98 Å². The van der Waals surface area contributed by atoms with Crippen molar-refractivity contribution in [1.29, 1.82) is 0 Å². The van der Waals surface area contributed by atoms with Gasteiger partial charge in [0.15, 0.2) is 5.82 Å². The lowest BCUT2D eigenvalue weighted by Gasteiger charge is -1.93. The molecule has 0 aliphatic carbocycles. The molecule has 2 aromatic rings. The van der Waals surface area contributed by atoms with Gasteiger partial charge in [0.1, 0.15) is 6.54 Å². The van der Waals surface area contributed by atoms with Crippen LogP contribution >= 0.6 is 0 Å². The van der Waals surface area contributed by atoms with E-state index < -0.39 is 0 Å². The summed E-state index contributed by atoms with van der Waals surface area (Å²) in [5.41, 5.74) is -0.0914. The lowest BCUT2D eigenvalue weighted by atomic mass is 10.5. The van der Waals surface area contributed by atoms with E-state index in [1.807, 2.05) is 6.92 Å². The number of nitrogens with zero attached hydrogens (tertiary/aromatic N) is 4. The summed E-state index contributed by atoms with van der Waals surface area (Å²) in [5.74, 6) is 1.12. The quantitative estimate of drug-likeness (QED) is 0.721. The van der Waals surface area contributed by atoms with Gasteiger partial charge in [-0.15, -0.1) is 0 Å². The van der Waals surface area contributed by atoms with Gasteiger partial charge in [0.05, 0.1) is 0 Å². The Morgan fingerprint density at radius 3 is 2.80 bits per heavy atom. The van der Waals surface area contributed by atoms with E-state index in [0.29, 0.717) is 18.3 Å². The highest BCUT2D eigenvalue weighted by Crippen LogP contribution is 1.99. The van der Waals surface area contributed by atoms with Gasteiger partial charge in [0, 0.05) is 25.9 Å². The van der Waals surface area contributed by atoms with E-state index in [1.165, 1.54) is 9.13 Å². The first-order chi connectivity index (χ1) is 7.20. The molecule has 0 fully saturated rings. The molecule has 6 heteroatoms. The van der Waals surface area contributed by atoms with Gasteiger partial charge in [0.25, 0.3) is 0 Å². The molecule has 0 unspecified atom stereocenters. The van der Waals surface area contributed by atoms with Gasteiger partial charge < -0.3 is 9.09 Å². The molecule has 0 radical (unpaired) electrons. The maximum Gasteiger partial charge on any atom is 0.328 e. The Hall–Kier alpha value is -1.85.